The standard InChI is InChI=1S/C13H19N3O2/c1-9-3-5-11(6-4-9)13(18)16-8-7-15-10(2)12(14)17/h3-6,10,15H,7-8H2,1-2H3,(H2,14,17)(H,16,18). The van der Waals surface area contributed by atoms with Crippen LogP contribution in [0.25, 0.3) is 0 Å². The summed E-state index contributed by atoms with van der Waals surface area (Å²) in [7, 11) is 0. The van der Waals surface area contributed by atoms with Gasteiger partial charge in [0, 0.05) is 18.7 Å². The van der Waals surface area contributed by atoms with E-state index in [1.54, 1.807) is 19.1 Å². The highest BCUT2D eigenvalue weighted by Gasteiger charge is 2.07. The van der Waals surface area contributed by atoms with Gasteiger partial charge in [-0.1, -0.05) is 17.7 Å². The highest BCUT2D eigenvalue weighted by Crippen LogP contribution is 2.02. The summed E-state index contributed by atoms with van der Waals surface area (Å²) >= 11 is 0. The van der Waals surface area contributed by atoms with E-state index >= 15 is 0 Å². The minimum absolute atomic E-state index is 0.122. The minimum Gasteiger partial charge on any atom is -0.368 e. The number of primary amides is 1. The second-order valence-electron chi connectivity index (χ2n) is 4.20. The van der Waals surface area contributed by atoms with Crippen molar-refractivity contribution < 1.29 is 9.59 Å². The lowest BCUT2D eigenvalue weighted by atomic mass is 10.1. The fraction of sp³-hybridized carbons (Fsp3) is 0.385. The Balaban J connectivity index is 2.29. The molecule has 0 aliphatic carbocycles. The van der Waals surface area contributed by atoms with Gasteiger partial charge in [0.05, 0.1) is 6.04 Å². The SMILES string of the molecule is Cc1ccc(C(=O)NCCNC(C)C(N)=O)cc1. The van der Waals surface area contributed by atoms with E-state index in [9.17, 15) is 9.59 Å². The van der Waals surface area contributed by atoms with E-state index in [0.29, 0.717) is 18.7 Å². The normalized spacial score (nSPS) is 11.9. The summed E-state index contributed by atoms with van der Waals surface area (Å²) in [5, 5.41) is 5.67. The van der Waals surface area contributed by atoms with Crippen LogP contribution in [0.4, 0.5) is 0 Å². The molecular weight excluding hydrogens is 230 g/mol. The van der Waals surface area contributed by atoms with Gasteiger partial charge in [-0.05, 0) is 26.0 Å². The van der Waals surface area contributed by atoms with E-state index in [0.717, 1.165) is 5.56 Å². The van der Waals surface area contributed by atoms with Crippen LogP contribution >= 0.6 is 0 Å². The second-order valence-corrected chi connectivity index (χ2v) is 4.20. The molecule has 0 spiro atoms. The predicted molar refractivity (Wildman–Crippen MR) is 70.2 cm³/mol. The maximum absolute atomic E-state index is 11.7. The van der Waals surface area contributed by atoms with Crippen molar-refractivity contribution in [3.63, 3.8) is 0 Å². The van der Waals surface area contributed by atoms with Gasteiger partial charge in [0.25, 0.3) is 5.91 Å². The zero-order chi connectivity index (χ0) is 13.5. The molecule has 1 rings (SSSR count). The summed E-state index contributed by atoms with van der Waals surface area (Å²) < 4.78 is 0. The Hall–Kier alpha value is -1.88. The van der Waals surface area contributed by atoms with Gasteiger partial charge in [0.1, 0.15) is 0 Å². The third kappa shape index (κ3) is 4.55. The number of hydrogen-bond donors (Lipinski definition) is 3. The van der Waals surface area contributed by atoms with Gasteiger partial charge in [-0.2, -0.15) is 0 Å². The third-order valence-corrected chi connectivity index (χ3v) is 2.60. The zero-order valence-corrected chi connectivity index (χ0v) is 10.7. The lowest BCUT2D eigenvalue weighted by Crippen LogP contribution is -2.42. The number of carbonyl (C=O) groups is 2. The van der Waals surface area contributed by atoms with Crippen LogP contribution in [-0.2, 0) is 4.79 Å². The predicted octanol–water partition coefficient (Wildman–Crippen LogP) is 0.188. The van der Waals surface area contributed by atoms with Crippen molar-refractivity contribution in [2.45, 2.75) is 19.9 Å². The fourth-order valence-corrected chi connectivity index (χ4v) is 1.37. The molecule has 18 heavy (non-hydrogen) atoms. The van der Waals surface area contributed by atoms with E-state index in [4.69, 9.17) is 5.73 Å². The molecule has 0 saturated heterocycles. The van der Waals surface area contributed by atoms with Gasteiger partial charge >= 0.3 is 0 Å². The van der Waals surface area contributed by atoms with Crippen LogP contribution in [0.3, 0.4) is 0 Å². The van der Waals surface area contributed by atoms with E-state index in [-0.39, 0.29) is 11.9 Å². The molecule has 98 valence electrons. The summed E-state index contributed by atoms with van der Waals surface area (Å²) in [5.41, 5.74) is 6.84. The van der Waals surface area contributed by atoms with Crippen molar-refractivity contribution in [1.82, 2.24) is 10.6 Å². The first-order chi connectivity index (χ1) is 8.50. The summed E-state index contributed by atoms with van der Waals surface area (Å²) in [4.78, 5) is 22.5. The number of aryl methyl sites for hydroxylation is 1. The molecule has 0 bridgehead atoms. The molecule has 0 aromatic heterocycles. The Labute approximate surface area is 107 Å². The van der Waals surface area contributed by atoms with Crippen molar-refractivity contribution in [3.8, 4) is 0 Å². The molecule has 0 heterocycles. The Morgan fingerprint density at radius 3 is 2.39 bits per heavy atom. The number of hydrogen-bond acceptors (Lipinski definition) is 3. The van der Waals surface area contributed by atoms with E-state index in [1.165, 1.54) is 0 Å². The lowest BCUT2D eigenvalue weighted by molar-refractivity contribution is -0.119. The summed E-state index contributed by atoms with van der Waals surface area (Å²) in [6.45, 7) is 4.60. The molecular formula is C13H19N3O2. The maximum Gasteiger partial charge on any atom is 0.251 e. The molecule has 2 amide bonds. The number of rotatable bonds is 6. The molecule has 1 aromatic rings. The average Bonchev–Trinajstić information content (AvgIpc) is 2.34. The van der Waals surface area contributed by atoms with Gasteiger partial charge in [-0.3, -0.25) is 9.59 Å². The second kappa shape index (κ2) is 6.76. The van der Waals surface area contributed by atoms with Gasteiger partial charge in [-0.15, -0.1) is 0 Å². The summed E-state index contributed by atoms with van der Waals surface area (Å²) in [5.74, 6) is -0.525. The Morgan fingerprint density at radius 1 is 1.22 bits per heavy atom. The molecule has 0 aliphatic rings. The number of benzene rings is 1. The van der Waals surface area contributed by atoms with Crippen LogP contribution in [0, 0.1) is 6.92 Å². The van der Waals surface area contributed by atoms with E-state index in [1.807, 2.05) is 19.1 Å². The van der Waals surface area contributed by atoms with Crippen LogP contribution in [0.15, 0.2) is 24.3 Å². The fourth-order valence-electron chi connectivity index (χ4n) is 1.37. The molecule has 5 nitrogen and oxygen atoms in total. The number of nitrogens with two attached hydrogens (primary N) is 1. The Morgan fingerprint density at radius 2 is 1.83 bits per heavy atom. The first kappa shape index (κ1) is 14.2. The first-order valence-corrected chi connectivity index (χ1v) is 5.88. The van der Waals surface area contributed by atoms with Crippen molar-refractivity contribution in [2.24, 2.45) is 5.73 Å². The smallest absolute Gasteiger partial charge is 0.251 e. The van der Waals surface area contributed by atoms with Crippen LogP contribution in [0.1, 0.15) is 22.8 Å². The molecule has 0 saturated carbocycles. The minimum atomic E-state index is -0.403. The summed E-state index contributed by atoms with van der Waals surface area (Å²) in [6.07, 6.45) is 0. The first-order valence-electron chi connectivity index (χ1n) is 5.88. The summed E-state index contributed by atoms with van der Waals surface area (Å²) in [6, 6.07) is 6.96. The van der Waals surface area contributed by atoms with E-state index in [2.05, 4.69) is 10.6 Å². The Kier molecular flexibility index (Phi) is 5.32. The van der Waals surface area contributed by atoms with Crippen molar-refractivity contribution in [3.05, 3.63) is 35.4 Å². The van der Waals surface area contributed by atoms with Gasteiger partial charge in [-0.25, -0.2) is 0 Å². The monoisotopic (exact) mass is 249 g/mol. The molecule has 0 fully saturated rings. The maximum atomic E-state index is 11.7. The molecule has 1 aromatic carbocycles. The topological polar surface area (TPSA) is 84.2 Å². The zero-order valence-electron chi connectivity index (χ0n) is 10.7. The van der Waals surface area contributed by atoms with Crippen LogP contribution in [0.2, 0.25) is 0 Å². The van der Waals surface area contributed by atoms with Crippen LogP contribution in [-0.4, -0.2) is 30.9 Å². The van der Waals surface area contributed by atoms with Crippen molar-refractivity contribution in [2.75, 3.05) is 13.1 Å². The quantitative estimate of drug-likeness (QED) is 0.629. The average molecular weight is 249 g/mol. The van der Waals surface area contributed by atoms with E-state index < -0.39 is 5.91 Å². The third-order valence-electron chi connectivity index (χ3n) is 2.60. The van der Waals surface area contributed by atoms with Crippen molar-refractivity contribution >= 4 is 11.8 Å². The number of nitrogens with one attached hydrogen (secondary N) is 2. The highest BCUT2D eigenvalue weighted by atomic mass is 16.2. The van der Waals surface area contributed by atoms with Gasteiger partial charge in [0.15, 0.2) is 0 Å². The number of amides is 2. The highest BCUT2D eigenvalue weighted by molar-refractivity contribution is 5.94. The Bertz CT molecular complexity index is 415. The largest absolute Gasteiger partial charge is 0.368 e. The molecule has 5 heteroatoms. The number of carbonyl (C=O) groups excluding carboxylic acids is 2. The van der Waals surface area contributed by atoms with Gasteiger partial charge in [0.2, 0.25) is 5.91 Å². The molecule has 4 N–H and O–H groups in total. The lowest BCUT2D eigenvalue weighted by Gasteiger charge is -2.10. The molecule has 1 unspecified atom stereocenters. The van der Waals surface area contributed by atoms with Crippen molar-refractivity contribution in [1.29, 1.82) is 0 Å². The molecule has 1 atom stereocenters. The molecule has 0 radical (unpaired) electrons. The molecule has 0 aliphatic heterocycles. The van der Waals surface area contributed by atoms with Crippen LogP contribution in [0.5, 0.6) is 0 Å². The van der Waals surface area contributed by atoms with Crippen LogP contribution < -0.4 is 16.4 Å². The van der Waals surface area contributed by atoms with Gasteiger partial charge < -0.3 is 16.4 Å².